The van der Waals surface area contributed by atoms with Gasteiger partial charge in [-0.05, 0) is 5.92 Å². The lowest BCUT2D eigenvalue weighted by Gasteiger charge is -2.24. The number of carbonyl (C=O) groups is 4. The molecule has 13 heteroatoms. The zero-order valence-corrected chi connectivity index (χ0v) is 17.8. The number of rotatable bonds is 12. The van der Waals surface area contributed by atoms with E-state index in [2.05, 4.69) is 35.9 Å². The third-order valence-corrected chi connectivity index (χ3v) is 4.61. The smallest absolute Gasteiger partial charge is 0.326 e. The topological polar surface area (TPSA) is 208 Å². The number of hydrogen-bond donors (Lipinski definition) is 7. The fourth-order valence-electron chi connectivity index (χ4n) is 2.86. The Morgan fingerprint density at radius 1 is 1.00 bits per heavy atom. The molecule has 0 aliphatic rings. The van der Waals surface area contributed by atoms with E-state index in [4.69, 9.17) is 5.73 Å². The van der Waals surface area contributed by atoms with E-state index in [9.17, 15) is 24.3 Å². The third-order valence-electron chi connectivity index (χ3n) is 4.61. The van der Waals surface area contributed by atoms with Crippen LogP contribution in [-0.2, 0) is 32.0 Å². The van der Waals surface area contributed by atoms with Gasteiger partial charge in [-0.25, -0.2) is 14.8 Å². The summed E-state index contributed by atoms with van der Waals surface area (Å²) < 4.78 is 0. The Kier molecular flexibility index (Phi) is 8.89. The van der Waals surface area contributed by atoms with E-state index in [1.54, 1.807) is 20.0 Å². The van der Waals surface area contributed by atoms with Crippen molar-refractivity contribution in [3.8, 4) is 0 Å². The van der Waals surface area contributed by atoms with Gasteiger partial charge in [0.15, 0.2) is 0 Å². The van der Waals surface area contributed by atoms with E-state index < -0.39 is 41.8 Å². The predicted molar refractivity (Wildman–Crippen MR) is 112 cm³/mol. The highest BCUT2D eigenvalue weighted by Crippen LogP contribution is 2.05. The predicted octanol–water partition coefficient (Wildman–Crippen LogP) is -1.93. The van der Waals surface area contributed by atoms with Crippen molar-refractivity contribution in [3.63, 3.8) is 0 Å². The number of aromatic amines is 2. The Balaban J connectivity index is 1.87. The normalized spacial score (nSPS) is 13.8. The number of nitrogens with zero attached hydrogens (tertiary/aromatic N) is 2. The molecule has 0 saturated heterocycles. The summed E-state index contributed by atoms with van der Waals surface area (Å²) in [5.41, 5.74) is 7.03. The van der Waals surface area contributed by atoms with E-state index in [-0.39, 0.29) is 25.3 Å². The van der Waals surface area contributed by atoms with Crippen LogP contribution in [0.15, 0.2) is 25.0 Å². The number of carboxylic acid groups (broad SMARTS) is 1. The molecule has 0 fully saturated rings. The van der Waals surface area contributed by atoms with Gasteiger partial charge in [-0.2, -0.15) is 0 Å². The lowest BCUT2D eigenvalue weighted by molar-refractivity contribution is -0.142. The molecule has 174 valence electrons. The summed E-state index contributed by atoms with van der Waals surface area (Å²) in [5.74, 6) is -3.35. The summed E-state index contributed by atoms with van der Waals surface area (Å²) in [6, 6.07) is -3.09. The van der Waals surface area contributed by atoms with Gasteiger partial charge in [0.25, 0.3) is 0 Å². The van der Waals surface area contributed by atoms with E-state index in [0.29, 0.717) is 11.4 Å². The molecule has 0 aromatic carbocycles. The summed E-state index contributed by atoms with van der Waals surface area (Å²) in [6.07, 6.45) is 6.10. The SMILES string of the molecule is CC(C)C(NC(=O)CNC(=O)C(N)Cc1cnc[nH]1)C(=O)NC(Cc1cnc[nH]1)C(=O)O. The summed E-state index contributed by atoms with van der Waals surface area (Å²) >= 11 is 0. The molecule has 0 aliphatic carbocycles. The van der Waals surface area contributed by atoms with Gasteiger partial charge in [-0.3, -0.25) is 14.4 Å². The summed E-state index contributed by atoms with van der Waals surface area (Å²) in [6.45, 7) is 3.02. The number of imidazole rings is 2. The van der Waals surface area contributed by atoms with Crippen molar-refractivity contribution < 1.29 is 24.3 Å². The Labute approximate surface area is 184 Å². The van der Waals surface area contributed by atoms with Crippen molar-refractivity contribution in [1.82, 2.24) is 35.9 Å². The summed E-state index contributed by atoms with van der Waals surface area (Å²) in [4.78, 5) is 61.8. The first-order chi connectivity index (χ1) is 15.2. The molecule has 13 nitrogen and oxygen atoms in total. The van der Waals surface area contributed by atoms with Gasteiger partial charge in [0.2, 0.25) is 17.7 Å². The summed E-state index contributed by atoms with van der Waals surface area (Å²) in [5, 5.41) is 16.8. The van der Waals surface area contributed by atoms with Crippen LogP contribution in [-0.4, -0.2) is 73.4 Å². The van der Waals surface area contributed by atoms with E-state index in [1.165, 1.54) is 18.9 Å². The molecule has 0 radical (unpaired) electrons. The average molecular weight is 448 g/mol. The monoisotopic (exact) mass is 448 g/mol. The second kappa shape index (κ2) is 11.6. The van der Waals surface area contributed by atoms with Crippen LogP contribution in [0.1, 0.15) is 25.2 Å². The molecule has 2 aromatic rings. The number of carbonyl (C=O) groups excluding carboxylic acids is 3. The number of carboxylic acids is 1. The maximum Gasteiger partial charge on any atom is 0.326 e. The van der Waals surface area contributed by atoms with Gasteiger partial charge < -0.3 is 36.8 Å². The van der Waals surface area contributed by atoms with Gasteiger partial charge in [-0.1, -0.05) is 13.8 Å². The van der Waals surface area contributed by atoms with Crippen molar-refractivity contribution in [2.24, 2.45) is 11.7 Å². The van der Waals surface area contributed by atoms with Crippen LogP contribution in [0.2, 0.25) is 0 Å². The molecule has 8 N–H and O–H groups in total. The van der Waals surface area contributed by atoms with E-state index in [0.717, 1.165) is 0 Å². The molecular formula is C19H28N8O5. The summed E-state index contributed by atoms with van der Waals surface area (Å²) in [7, 11) is 0. The molecule has 2 heterocycles. The number of H-pyrrole nitrogens is 2. The maximum atomic E-state index is 12.7. The molecule has 2 aromatic heterocycles. The second-order valence-electron chi connectivity index (χ2n) is 7.57. The quantitative estimate of drug-likeness (QED) is 0.194. The fourth-order valence-corrected chi connectivity index (χ4v) is 2.86. The maximum absolute atomic E-state index is 12.7. The standard InChI is InChI=1S/C19H28N8O5/c1-10(2)16(18(30)26-14(19(31)32)4-12-6-22-9-25-12)27-15(28)7-23-17(29)13(20)3-11-5-21-8-24-11/h5-6,8-10,13-14,16H,3-4,7,20H2,1-2H3,(H,21,24)(H,22,25)(H,23,29)(H,26,30)(H,27,28)(H,31,32). The van der Waals surface area contributed by atoms with Gasteiger partial charge in [0.1, 0.15) is 12.1 Å². The van der Waals surface area contributed by atoms with Crippen LogP contribution >= 0.6 is 0 Å². The highest BCUT2D eigenvalue weighted by molar-refractivity contribution is 5.92. The highest BCUT2D eigenvalue weighted by atomic mass is 16.4. The molecule has 0 saturated carbocycles. The molecule has 0 bridgehead atoms. The van der Waals surface area contributed by atoms with Gasteiger partial charge in [0.05, 0.1) is 25.2 Å². The zero-order chi connectivity index (χ0) is 23.7. The van der Waals surface area contributed by atoms with Crippen LogP contribution in [0.3, 0.4) is 0 Å². The molecule has 3 unspecified atom stereocenters. The molecule has 32 heavy (non-hydrogen) atoms. The van der Waals surface area contributed by atoms with Gasteiger partial charge in [0, 0.05) is 36.6 Å². The number of aliphatic carboxylic acids is 1. The van der Waals surface area contributed by atoms with Gasteiger partial charge >= 0.3 is 5.97 Å². The highest BCUT2D eigenvalue weighted by Gasteiger charge is 2.29. The minimum Gasteiger partial charge on any atom is -0.480 e. The molecule has 3 atom stereocenters. The molecular weight excluding hydrogens is 420 g/mol. The zero-order valence-electron chi connectivity index (χ0n) is 17.8. The first-order valence-electron chi connectivity index (χ1n) is 9.97. The average Bonchev–Trinajstić information content (AvgIpc) is 3.43. The lowest BCUT2D eigenvalue weighted by atomic mass is 10.0. The van der Waals surface area contributed by atoms with Crippen LogP contribution < -0.4 is 21.7 Å². The number of nitrogens with two attached hydrogens (primary N) is 1. The fraction of sp³-hybridized carbons (Fsp3) is 0.474. The van der Waals surface area contributed by atoms with Crippen molar-refractivity contribution >= 4 is 23.7 Å². The van der Waals surface area contributed by atoms with Gasteiger partial charge in [-0.15, -0.1) is 0 Å². The Morgan fingerprint density at radius 2 is 1.59 bits per heavy atom. The van der Waals surface area contributed by atoms with Crippen molar-refractivity contribution in [2.75, 3.05) is 6.54 Å². The van der Waals surface area contributed by atoms with Crippen LogP contribution in [0.25, 0.3) is 0 Å². The van der Waals surface area contributed by atoms with Crippen molar-refractivity contribution in [1.29, 1.82) is 0 Å². The largest absolute Gasteiger partial charge is 0.480 e. The first kappa shape index (κ1) is 24.5. The molecule has 0 aliphatic heterocycles. The molecule has 2 rings (SSSR count). The Hall–Kier alpha value is -3.74. The van der Waals surface area contributed by atoms with Crippen LogP contribution in [0.4, 0.5) is 0 Å². The van der Waals surface area contributed by atoms with Crippen molar-refractivity contribution in [3.05, 3.63) is 36.4 Å². The number of nitrogens with one attached hydrogen (secondary N) is 5. The Bertz CT molecular complexity index is 897. The lowest BCUT2D eigenvalue weighted by Crippen LogP contribution is -2.56. The third kappa shape index (κ3) is 7.50. The van der Waals surface area contributed by atoms with Crippen LogP contribution in [0, 0.1) is 5.92 Å². The minimum atomic E-state index is -1.22. The van der Waals surface area contributed by atoms with Crippen molar-refractivity contribution in [2.45, 2.75) is 44.8 Å². The molecule has 3 amide bonds. The number of hydrogen-bond acceptors (Lipinski definition) is 7. The Morgan fingerprint density at radius 3 is 2.09 bits per heavy atom. The first-order valence-corrected chi connectivity index (χ1v) is 9.97. The number of aromatic nitrogens is 4. The van der Waals surface area contributed by atoms with Crippen LogP contribution in [0.5, 0.6) is 0 Å². The van der Waals surface area contributed by atoms with E-state index >= 15 is 0 Å². The van der Waals surface area contributed by atoms with E-state index in [1.807, 2.05) is 0 Å². The second-order valence-corrected chi connectivity index (χ2v) is 7.57. The molecule has 0 spiro atoms. The number of amides is 3. The minimum absolute atomic E-state index is 0.00408.